The highest BCUT2D eigenvalue weighted by Gasteiger charge is 2.38. The first-order chi connectivity index (χ1) is 14.5. The number of benzene rings is 1. The molecule has 2 atom stereocenters. The zero-order chi connectivity index (χ0) is 23.2. The Bertz CT molecular complexity index is 905. The maximum absolute atomic E-state index is 13.2. The van der Waals surface area contributed by atoms with Crippen LogP contribution in [-0.4, -0.2) is 55.3 Å². The van der Waals surface area contributed by atoms with Crippen molar-refractivity contribution >= 4 is 40.1 Å². The predicted octanol–water partition coefficient (Wildman–Crippen LogP) is 1.35. The first-order valence-corrected chi connectivity index (χ1v) is 12.2. The van der Waals surface area contributed by atoms with Crippen molar-refractivity contribution in [1.29, 1.82) is 5.41 Å². The molecule has 2 amide bonds. The van der Waals surface area contributed by atoms with Gasteiger partial charge in [0.25, 0.3) is 0 Å². The highest BCUT2D eigenvalue weighted by atomic mass is 35.5. The van der Waals surface area contributed by atoms with Crippen LogP contribution in [0.25, 0.3) is 0 Å². The van der Waals surface area contributed by atoms with Gasteiger partial charge in [-0.2, -0.15) is 0 Å². The Kier molecular flexibility index (Phi) is 10.6. The summed E-state index contributed by atoms with van der Waals surface area (Å²) in [6.07, 6.45) is 1.59. The van der Waals surface area contributed by atoms with Gasteiger partial charge in [-0.3, -0.25) is 15.0 Å². The Morgan fingerprint density at radius 2 is 1.88 bits per heavy atom. The quantitative estimate of drug-likeness (QED) is 0.290. The molecule has 9 nitrogen and oxygen atoms in total. The number of sulfonamides is 1. The summed E-state index contributed by atoms with van der Waals surface area (Å²) >= 11 is 0. The molecule has 0 bridgehead atoms. The molecule has 1 heterocycles. The van der Waals surface area contributed by atoms with Crippen LogP contribution in [0.4, 0.5) is 0 Å². The molecule has 2 rings (SSSR count). The molecule has 1 aromatic carbocycles. The van der Waals surface area contributed by atoms with Crippen LogP contribution in [0.3, 0.4) is 0 Å². The predicted molar refractivity (Wildman–Crippen MR) is 127 cm³/mol. The maximum atomic E-state index is 13.2. The second-order valence-electron chi connectivity index (χ2n) is 8.22. The summed E-state index contributed by atoms with van der Waals surface area (Å²) in [4.78, 5) is 27.4. The summed E-state index contributed by atoms with van der Waals surface area (Å²) in [7, 11) is -3.55. The fourth-order valence-electron chi connectivity index (χ4n) is 3.58. The molecule has 0 radical (unpaired) electrons. The van der Waals surface area contributed by atoms with E-state index in [1.807, 2.05) is 13.8 Å². The van der Waals surface area contributed by atoms with Crippen molar-refractivity contribution in [3.05, 3.63) is 35.4 Å². The van der Waals surface area contributed by atoms with Gasteiger partial charge in [0.15, 0.2) is 0 Å². The van der Waals surface area contributed by atoms with Gasteiger partial charge in [0.1, 0.15) is 17.9 Å². The molecule has 0 aromatic heterocycles. The Hall–Kier alpha value is -2.17. The standard InChI is InChI=1S/C21H33N5O4S.ClH/c1-4-31(29,30)25-17(12-14(2)3)21(28)26-11-5-6-18(26)20(27)24-13-15-7-9-16(10-8-15)19(22)23;/h7-10,14,17-18,25H,4-6,11-13H2,1-3H3,(H3,22,23)(H,24,27);1H/t17?,18-;/m0./s1. The van der Waals surface area contributed by atoms with Crippen molar-refractivity contribution in [3.63, 3.8) is 0 Å². The Labute approximate surface area is 196 Å². The number of nitrogen functional groups attached to an aromatic ring is 1. The first kappa shape index (κ1) is 27.9. The van der Waals surface area contributed by atoms with Crippen LogP contribution in [0.2, 0.25) is 0 Å². The van der Waals surface area contributed by atoms with E-state index in [0.717, 1.165) is 5.56 Å². The third-order valence-corrected chi connectivity index (χ3v) is 6.68. The number of amidine groups is 1. The van der Waals surface area contributed by atoms with E-state index in [-0.39, 0.29) is 48.3 Å². The molecule has 180 valence electrons. The second kappa shape index (κ2) is 12.2. The molecule has 32 heavy (non-hydrogen) atoms. The third-order valence-electron chi connectivity index (χ3n) is 5.28. The summed E-state index contributed by atoms with van der Waals surface area (Å²) in [6, 6.07) is 5.50. The maximum Gasteiger partial charge on any atom is 0.243 e. The summed E-state index contributed by atoms with van der Waals surface area (Å²) in [5.41, 5.74) is 6.90. The normalized spacial score (nSPS) is 17.0. The fraction of sp³-hybridized carbons (Fsp3) is 0.571. The van der Waals surface area contributed by atoms with Crippen molar-refractivity contribution in [2.24, 2.45) is 11.7 Å². The highest BCUT2D eigenvalue weighted by molar-refractivity contribution is 7.89. The van der Waals surface area contributed by atoms with Crippen LogP contribution >= 0.6 is 12.4 Å². The third kappa shape index (κ3) is 7.75. The van der Waals surface area contributed by atoms with Crippen LogP contribution in [0.15, 0.2) is 24.3 Å². The lowest BCUT2D eigenvalue weighted by Gasteiger charge is -2.29. The van der Waals surface area contributed by atoms with E-state index >= 15 is 0 Å². The molecular weight excluding hydrogens is 454 g/mol. The number of nitrogens with two attached hydrogens (primary N) is 1. The number of carbonyl (C=O) groups excluding carboxylic acids is 2. The van der Waals surface area contributed by atoms with Gasteiger partial charge < -0.3 is 16.0 Å². The lowest BCUT2D eigenvalue weighted by Crippen LogP contribution is -2.53. The average molecular weight is 488 g/mol. The largest absolute Gasteiger partial charge is 0.384 e. The summed E-state index contributed by atoms with van der Waals surface area (Å²) in [6.45, 7) is 6.08. The molecule has 5 N–H and O–H groups in total. The molecule has 1 aromatic rings. The zero-order valence-corrected chi connectivity index (χ0v) is 20.4. The van der Waals surface area contributed by atoms with Gasteiger partial charge in [0.2, 0.25) is 21.8 Å². The van der Waals surface area contributed by atoms with Gasteiger partial charge >= 0.3 is 0 Å². The van der Waals surface area contributed by atoms with Crippen molar-refractivity contribution < 1.29 is 18.0 Å². The zero-order valence-electron chi connectivity index (χ0n) is 18.8. The van der Waals surface area contributed by atoms with Crippen LogP contribution in [0.1, 0.15) is 51.2 Å². The van der Waals surface area contributed by atoms with Crippen molar-refractivity contribution in [2.45, 2.75) is 58.7 Å². The van der Waals surface area contributed by atoms with E-state index in [1.165, 1.54) is 11.8 Å². The highest BCUT2D eigenvalue weighted by Crippen LogP contribution is 2.21. The Morgan fingerprint density at radius 1 is 1.25 bits per heavy atom. The summed E-state index contributed by atoms with van der Waals surface area (Å²) in [5, 5.41) is 10.3. The first-order valence-electron chi connectivity index (χ1n) is 10.6. The monoisotopic (exact) mass is 487 g/mol. The number of nitrogens with zero attached hydrogens (tertiary/aromatic N) is 1. The van der Waals surface area contributed by atoms with Crippen LogP contribution in [-0.2, 0) is 26.2 Å². The molecule has 1 saturated heterocycles. The SMILES string of the molecule is CCS(=O)(=O)NC(CC(C)C)C(=O)N1CCC[C@H]1C(=O)NCc1ccc(C(=N)N)cc1.Cl. The van der Waals surface area contributed by atoms with Gasteiger partial charge in [-0.1, -0.05) is 38.1 Å². The van der Waals surface area contributed by atoms with Crippen molar-refractivity contribution in [3.8, 4) is 0 Å². The van der Waals surface area contributed by atoms with Crippen molar-refractivity contribution in [1.82, 2.24) is 14.9 Å². The molecule has 1 aliphatic heterocycles. The molecule has 11 heteroatoms. The second-order valence-corrected chi connectivity index (χ2v) is 10.3. The average Bonchev–Trinajstić information content (AvgIpc) is 3.20. The summed E-state index contributed by atoms with van der Waals surface area (Å²) in [5.74, 6) is -0.634. The fourth-order valence-corrected chi connectivity index (χ4v) is 4.38. The van der Waals surface area contributed by atoms with E-state index in [9.17, 15) is 18.0 Å². The number of hydrogen-bond donors (Lipinski definition) is 4. The van der Waals surface area contributed by atoms with E-state index < -0.39 is 22.1 Å². The number of amides is 2. The number of nitrogens with one attached hydrogen (secondary N) is 3. The van der Waals surface area contributed by atoms with Crippen molar-refractivity contribution in [2.75, 3.05) is 12.3 Å². The smallest absolute Gasteiger partial charge is 0.243 e. The summed E-state index contributed by atoms with van der Waals surface area (Å²) < 4.78 is 26.6. The van der Waals surface area contributed by atoms with Crippen LogP contribution in [0, 0.1) is 11.3 Å². The molecule has 1 unspecified atom stereocenters. The van der Waals surface area contributed by atoms with Gasteiger partial charge in [0, 0.05) is 18.7 Å². The lowest BCUT2D eigenvalue weighted by atomic mass is 10.0. The van der Waals surface area contributed by atoms with Crippen LogP contribution in [0.5, 0.6) is 0 Å². The van der Waals surface area contributed by atoms with Crippen LogP contribution < -0.4 is 15.8 Å². The lowest BCUT2D eigenvalue weighted by molar-refractivity contribution is -0.140. The minimum Gasteiger partial charge on any atom is -0.384 e. The van der Waals surface area contributed by atoms with Gasteiger partial charge in [-0.05, 0) is 37.7 Å². The van der Waals surface area contributed by atoms with Gasteiger partial charge in [0.05, 0.1) is 5.75 Å². The van der Waals surface area contributed by atoms with E-state index in [2.05, 4.69) is 10.0 Å². The minimum atomic E-state index is -3.55. The molecular formula is C21H34ClN5O4S. The molecule has 1 fully saturated rings. The number of likely N-dealkylation sites (tertiary alicyclic amines) is 1. The van der Waals surface area contributed by atoms with E-state index in [0.29, 0.717) is 31.4 Å². The minimum absolute atomic E-state index is 0. The van der Waals surface area contributed by atoms with Gasteiger partial charge in [-0.25, -0.2) is 13.1 Å². The number of rotatable bonds is 10. The van der Waals surface area contributed by atoms with E-state index in [4.69, 9.17) is 11.1 Å². The number of hydrogen-bond acceptors (Lipinski definition) is 5. The Balaban J connectivity index is 0.00000512. The molecule has 1 aliphatic rings. The molecule has 0 aliphatic carbocycles. The number of halogens is 1. The Morgan fingerprint density at radius 3 is 2.41 bits per heavy atom. The topological polar surface area (TPSA) is 145 Å². The van der Waals surface area contributed by atoms with Gasteiger partial charge in [-0.15, -0.1) is 12.4 Å². The molecule has 0 saturated carbocycles. The van der Waals surface area contributed by atoms with E-state index in [1.54, 1.807) is 24.3 Å². The number of carbonyl (C=O) groups is 2. The molecule has 0 spiro atoms.